The number of carbonyl (C=O) groups is 1. The van der Waals surface area contributed by atoms with Crippen LogP contribution >= 0.6 is 11.6 Å². The van der Waals surface area contributed by atoms with Gasteiger partial charge in [0.1, 0.15) is 0 Å². The van der Waals surface area contributed by atoms with Gasteiger partial charge in [0.25, 0.3) is 5.91 Å². The number of benzene rings is 2. The minimum absolute atomic E-state index is 0.00443. The monoisotopic (exact) mass is 393 g/mol. The van der Waals surface area contributed by atoms with E-state index in [1.807, 2.05) is 0 Å². The number of ether oxygens (including phenoxy) is 2. The van der Waals surface area contributed by atoms with E-state index in [-0.39, 0.29) is 33.9 Å². The molecule has 0 fully saturated rings. The van der Waals surface area contributed by atoms with Gasteiger partial charge in [0.15, 0.2) is 11.5 Å². The van der Waals surface area contributed by atoms with Gasteiger partial charge in [-0.15, -0.1) is 0 Å². The second-order valence-corrected chi connectivity index (χ2v) is 6.94. The van der Waals surface area contributed by atoms with E-state index in [9.17, 15) is 14.9 Å². The van der Waals surface area contributed by atoms with Crippen LogP contribution in [0.1, 0.15) is 24.2 Å². The van der Waals surface area contributed by atoms with Crippen molar-refractivity contribution in [3.63, 3.8) is 0 Å². The molecule has 0 saturated carbocycles. The van der Waals surface area contributed by atoms with Crippen LogP contribution in [0.3, 0.4) is 0 Å². The number of hydrogen-bond donors (Lipinski definition) is 2. The summed E-state index contributed by atoms with van der Waals surface area (Å²) in [6, 6.07) is 8.57. The van der Waals surface area contributed by atoms with Crippen molar-refractivity contribution in [1.82, 2.24) is 5.32 Å². The fourth-order valence-corrected chi connectivity index (χ4v) is 2.31. The maximum Gasteiger partial charge on any atom is 0.313 e. The van der Waals surface area contributed by atoms with Crippen LogP contribution in [-0.4, -0.2) is 30.0 Å². The molecule has 0 atom stereocenters. The molecule has 0 saturated heterocycles. The zero-order chi connectivity index (χ0) is 20.2. The van der Waals surface area contributed by atoms with E-state index in [4.69, 9.17) is 26.8 Å². The molecule has 0 aliphatic carbocycles. The molecule has 0 unspecified atom stereocenters. The summed E-state index contributed by atoms with van der Waals surface area (Å²) in [4.78, 5) is 22.8. The van der Waals surface area contributed by atoms with Crippen LogP contribution < -0.4 is 20.5 Å². The first-order valence-corrected chi connectivity index (χ1v) is 8.35. The zero-order valence-corrected chi connectivity index (χ0v) is 15.9. The molecule has 0 aliphatic rings. The molecular formula is C18H20ClN3O5. The van der Waals surface area contributed by atoms with Gasteiger partial charge in [0, 0.05) is 28.7 Å². The average molecular weight is 394 g/mol. The van der Waals surface area contributed by atoms with Crippen molar-refractivity contribution < 1.29 is 19.2 Å². The normalized spacial score (nSPS) is 11.0. The number of hydrogen-bond acceptors (Lipinski definition) is 6. The van der Waals surface area contributed by atoms with Crippen molar-refractivity contribution in [2.75, 3.05) is 13.7 Å². The van der Waals surface area contributed by atoms with E-state index in [1.165, 1.54) is 43.5 Å². The van der Waals surface area contributed by atoms with Crippen molar-refractivity contribution in [3.8, 4) is 17.2 Å². The van der Waals surface area contributed by atoms with E-state index in [1.54, 1.807) is 13.8 Å². The number of rotatable bonds is 7. The summed E-state index contributed by atoms with van der Waals surface area (Å²) in [6.45, 7) is 3.89. The fourth-order valence-electron chi connectivity index (χ4n) is 2.14. The molecule has 0 bridgehead atoms. The summed E-state index contributed by atoms with van der Waals surface area (Å²) < 4.78 is 10.9. The number of methoxy groups -OCH3 is 1. The van der Waals surface area contributed by atoms with Crippen LogP contribution in [0.5, 0.6) is 17.2 Å². The Morgan fingerprint density at radius 3 is 2.48 bits per heavy atom. The summed E-state index contributed by atoms with van der Waals surface area (Å²) in [7, 11) is 1.41. The quantitative estimate of drug-likeness (QED) is 0.549. The highest BCUT2D eigenvalue weighted by atomic mass is 35.5. The Morgan fingerprint density at radius 2 is 1.89 bits per heavy atom. The van der Waals surface area contributed by atoms with Crippen molar-refractivity contribution in [1.29, 1.82) is 0 Å². The Kier molecular flexibility index (Phi) is 6.24. The predicted molar refractivity (Wildman–Crippen MR) is 102 cm³/mol. The van der Waals surface area contributed by atoms with Gasteiger partial charge in [-0.2, -0.15) is 0 Å². The predicted octanol–water partition coefficient (Wildman–Crippen LogP) is 3.52. The smallest absolute Gasteiger partial charge is 0.313 e. The maximum absolute atomic E-state index is 12.2. The van der Waals surface area contributed by atoms with E-state index in [0.717, 1.165) is 0 Å². The second kappa shape index (κ2) is 8.24. The lowest BCUT2D eigenvalue weighted by molar-refractivity contribution is -0.385. The van der Waals surface area contributed by atoms with Crippen molar-refractivity contribution in [2.24, 2.45) is 5.73 Å². The van der Waals surface area contributed by atoms with Gasteiger partial charge in [-0.05, 0) is 44.2 Å². The molecule has 0 spiro atoms. The third-order valence-corrected chi connectivity index (χ3v) is 3.70. The number of halogens is 1. The maximum atomic E-state index is 12.2. The molecule has 0 aromatic heterocycles. The Bertz CT molecular complexity index is 865. The highest BCUT2D eigenvalue weighted by Crippen LogP contribution is 2.37. The van der Waals surface area contributed by atoms with Crippen LogP contribution in [0.2, 0.25) is 5.02 Å². The topological polar surface area (TPSA) is 117 Å². The lowest BCUT2D eigenvalue weighted by Gasteiger charge is -2.19. The lowest BCUT2D eigenvalue weighted by atomic mass is 10.1. The molecule has 0 radical (unpaired) electrons. The first-order valence-electron chi connectivity index (χ1n) is 7.97. The van der Waals surface area contributed by atoms with Gasteiger partial charge in [-0.25, -0.2) is 0 Å². The van der Waals surface area contributed by atoms with E-state index >= 15 is 0 Å². The number of nitro benzene ring substituents is 1. The Labute approximate surface area is 161 Å². The standard InChI is InChI=1S/C18H20ClN3O5/c1-18(2,20)10-21-17(23)11-4-6-15(16(8-11)26-3)27-14-7-5-12(19)9-13(14)22(24)25/h4-9H,10,20H2,1-3H3,(H,21,23). The molecule has 0 aliphatic heterocycles. The van der Waals surface area contributed by atoms with Gasteiger partial charge < -0.3 is 20.5 Å². The van der Waals surface area contributed by atoms with Crippen molar-refractivity contribution in [3.05, 3.63) is 57.1 Å². The van der Waals surface area contributed by atoms with E-state index < -0.39 is 10.5 Å². The summed E-state index contributed by atoms with van der Waals surface area (Å²) in [5.74, 6) is 0.151. The lowest BCUT2D eigenvalue weighted by Crippen LogP contribution is -2.45. The van der Waals surface area contributed by atoms with Crippen LogP contribution in [0.25, 0.3) is 0 Å². The van der Waals surface area contributed by atoms with Crippen LogP contribution in [-0.2, 0) is 0 Å². The SMILES string of the molecule is COc1cc(C(=O)NCC(C)(C)N)ccc1Oc1ccc(Cl)cc1[N+](=O)[O-]. The first kappa shape index (κ1) is 20.5. The molecule has 3 N–H and O–H groups in total. The van der Waals surface area contributed by atoms with Gasteiger partial charge in [0.2, 0.25) is 5.75 Å². The molecule has 9 heteroatoms. The molecule has 8 nitrogen and oxygen atoms in total. The highest BCUT2D eigenvalue weighted by molar-refractivity contribution is 6.30. The van der Waals surface area contributed by atoms with Crippen LogP contribution in [0, 0.1) is 10.1 Å². The molecule has 2 rings (SSSR count). The van der Waals surface area contributed by atoms with Crippen LogP contribution in [0.4, 0.5) is 5.69 Å². The molecule has 1 amide bonds. The van der Waals surface area contributed by atoms with Gasteiger partial charge >= 0.3 is 5.69 Å². The summed E-state index contributed by atoms with van der Waals surface area (Å²) in [5.41, 5.74) is 5.37. The van der Waals surface area contributed by atoms with Crippen molar-refractivity contribution in [2.45, 2.75) is 19.4 Å². The van der Waals surface area contributed by atoms with Gasteiger partial charge in [0.05, 0.1) is 12.0 Å². The fraction of sp³-hybridized carbons (Fsp3) is 0.278. The number of nitro groups is 1. The van der Waals surface area contributed by atoms with Gasteiger partial charge in [-0.1, -0.05) is 11.6 Å². The number of carbonyl (C=O) groups excluding carboxylic acids is 1. The number of nitrogens with zero attached hydrogens (tertiary/aromatic N) is 1. The molecule has 0 heterocycles. The van der Waals surface area contributed by atoms with E-state index in [2.05, 4.69) is 5.32 Å². The molecule has 2 aromatic rings. The van der Waals surface area contributed by atoms with E-state index in [0.29, 0.717) is 12.1 Å². The van der Waals surface area contributed by atoms with Crippen LogP contribution in [0.15, 0.2) is 36.4 Å². The second-order valence-electron chi connectivity index (χ2n) is 6.51. The van der Waals surface area contributed by atoms with Gasteiger partial charge in [-0.3, -0.25) is 14.9 Å². The highest BCUT2D eigenvalue weighted by Gasteiger charge is 2.19. The number of nitrogens with one attached hydrogen (secondary N) is 1. The summed E-state index contributed by atoms with van der Waals surface area (Å²) in [5, 5.41) is 14.1. The van der Waals surface area contributed by atoms with Crippen molar-refractivity contribution >= 4 is 23.2 Å². The number of nitrogens with two attached hydrogens (primary N) is 1. The average Bonchev–Trinajstić information content (AvgIpc) is 2.60. The Morgan fingerprint density at radius 1 is 1.22 bits per heavy atom. The largest absolute Gasteiger partial charge is 0.493 e. The summed E-state index contributed by atoms with van der Waals surface area (Å²) >= 11 is 5.80. The third-order valence-electron chi connectivity index (χ3n) is 3.47. The molecule has 2 aromatic carbocycles. The third kappa shape index (κ3) is 5.57. The molecule has 144 valence electrons. The minimum atomic E-state index is -0.593. The first-order chi connectivity index (χ1) is 12.6. The Hall–Kier alpha value is -2.84. The molecule has 27 heavy (non-hydrogen) atoms. The minimum Gasteiger partial charge on any atom is -0.493 e. The Balaban J connectivity index is 2.27. The summed E-state index contributed by atoms with van der Waals surface area (Å²) in [6.07, 6.45) is 0. The molecular weight excluding hydrogens is 374 g/mol. The number of amides is 1. The zero-order valence-electron chi connectivity index (χ0n) is 15.1.